The number of aromatic nitrogens is 1. The predicted octanol–water partition coefficient (Wildman–Crippen LogP) is 3.40. The molecule has 1 aromatic heterocycles. The van der Waals surface area contributed by atoms with Crippen molar-refractivity contribution < 1.29 is 13.2 Å². The number of hydrogen-bond donors (Lipinski definition) is 3. The first-order valence-electron chi connectivity index (χ1n) is 12.0. The molecule has 35 heavy (non-hydrogen) atoms. The first-order valence-corrected chi connectivity index (χ1v) is 14.0. The zero-order valence-electron chi connectivity index (χ0n) is 20.0. The molecule has 0 atom stereocenters. The van der Waals surface area contributed by atoms with Gasteiger partial charge in [0, 0.05) is 55.8 Å². The van der Waals surface area contributed by atoms with Crippen LogP contribution < -0.4 is 14.9 Å². The molecule has 1 fully saturated rings. The van der Waals surface area contributed by atoms with Gasteiger partial charge < -0.3 is 15.4 Å². The van der Waals surface area contributed by atoms with E-state index in [0.717, 1.165) is 38.0 Å². The number of ether oxygens (including phenoxy) is 1. The Labute approximate surface area is 213 Å². The smallest absolute Gasteiger partial charge is 0.235 e. The number of morpholine rings is 1. The maximum Gasteiger partial charge on any atom is 0.235 e. The van der Waals surface area contributed by atoms with E-state index in [1.165, 1.54) is 4.31 Å². The lowest BCUT2D eigenvalue weighted by Crippen LogP contribution is -2.43. The van der Waals surface area contributed by atoms with Crippen molar-refractivity contribution in [3.05, 3.63) is 53.8 Å². The van der Waals surface area contributed by atoms with Crippen LogP contribution in [0.5, 0.6) is 0 Å². The highest BCUT2D eigenvalue weighted by Crippen LogP contribution is 2.22. The molecule has 1 aliphatic heterocycles. The molecular weight excluding hydrogens is 488 g/mol. The van der Waals surface area contributed by atoms with Gasteiger partial charge in [0.1, 0.15) is 0 Å². The van der Waals surface area contributed by atoms with E-state index in [0.29, 0.717) is 50.0 Å². The van der Waals surface area contributed by atoms with Crippen molar-refractivity contribution in [2.75, 3.05) is 61.3 Å². The monoisotopic (exact) mass is 522 g/mol. The van der Waals surface area contributed by atoms with Crippen LogP contribution in [0.15, 0.2) is 48.8 Å². The topological polar surface area (TPSA) is 111 Å². The number of rotatable bonds is 13. The normalized spacial score (nSPS) is 14.4. The fraction of sp³-hybridized carbons (Fsp3) is 0.500. The number of benzene rings is 1. The molecule has 0 amide bonds. The van der Waals surface area contributed by atoms with Crippen molar-refractivity contribution in [1.82, 2.24) is 15.2 Å². The molecule has 0 aliphatic carbocycles. The van der Waals surface area contributed by atoms with Crippen molar-refractivity contribution in [1.29, 1.82) is 5.41 Å². The summed E-state index contributed by atoms with van der Waals surface area (Å²) in [5, 5.41) is 14.5. The highest BCUT2D eigenvalue weighted by atomic mass is 35.5. The van der Waals surface area contributed by atoms with Crippen LogP contribution in [0.4, 0.5) is 11.4 Å². The van der Waals surface area contributed by atoms with Crippen LogP contribution in [0.1, 0.15) is 25.7 Å². The molecular formula is C24H35ClN6O3S. The number of pyridine rings is 1. The van der Waals surface area contributed by atoms with E-state index in [9.17, 15) is 8.42 Å². The van der Waals surface area contributed by atoms with Crippen molar-refractivity contribution >= 4 is 39.0 Å². The third-order valence-corrected chi connectivity index (χ3v) is 7.88. The van der Waals surface area contributed by atoms with Crippen LogP contribution in [0.25, 0.3) is 0 Å². The summed E-state index contributed by atoms with van der Waals surface area (Å²) in [6.07, 6.45) is 6.49. The molecule has 1 aliphatic rings. The Bertz CT molecular complexity index is 1000. The molecule has 0 radical (unpaired) electrons. The maximum absolute atomic E-state index is 13.2. The van der Waals surface area contributed by atoms with Crippen molar-refractivity contribution in [2.45, 2.75) is 25.7 Å². The van der Waals surface area contributed by atoms with E-state index >= 15 is 0 Å². The summed E-state index contributed by atoms with van der Waals surface area (Å²) in [7, 11) is -3.46. The second-order valence-electron chi connectivity index (χ2n) is 8.40. The number of anilines is 2. The summed E-state index contributed by atoms with van der Waals surface area (Å²) in [5.74, 6) is 0.337. The average Bonchev–Trinajstić information content (AvgIpc) is 2.86. The van der Waals surface area contributed by atoms with Crippen molar-refractivity contribution in [3.63, 3.8) is 0 Å². The highest BCUT2D eigenvalue weighted by molar-refractivity contribution is 7.92. The number of nitrogens with one attached hydrogen (secondary N) is 3. The molecule has 9 nitrogen and oxygen atoms in total. The van der Waals surface area contributed by atoms with Gasteiger partial charge in [0.15, 0.2) is 5.96 Å². The number of halogens is 1. The summed E-state index contributed by atoms with van der Waals surface area (Å²) in [4.78, 5) is 6.18. The lowest BCUT2D eigenvalue weighted by Gasteiger charge is -2.30. The molecule has 0 bridgehead atoms. The Morgan fingerprint density at radius 2 is 1.74 bits per heavy atom. The molecule has 2 heterocycles. The minimum absolute atomic E-state index is 0.103. The van der Waals surface area contributed by atoms with Gasteiger partial charge in [-0.2, -0.15) is 0 Å². The van der Waals surface area contributed by atoms with Gasteiger partial charge in [-0.3, -0.25) is 19.6 Å². The maximum atomic E-state index is 13.2. The Balaban J connectivity index is 1.41. The van der Waals surface area contributed by atoms with Gasteiger partial charge in [-0.15, -0.1) is 0 Å². The number of hydrogen-bond acceptors (Lipinski definition) is 6. The average molecular weight is 523 g/mol. The summed E-state index contributed by atoms with van der Waals surface area (Å²) in [6, 6.07) is 10.6. The van der Waals surface area contributed by atoms with Gasteiger partial charge in [0.05, 0.1) is 24.7 Å². The fourth-order valence-corrected chi connectivity index (χ4v) is 5.52. The van der Waals surface area contributed by atoms with E-state index in [4.69, 9.17) is 21.7 Å². The fourth-order valence-electron chi connectivity index (χ4n) is 3.80. The minimum Gasteiger partial charge on any atom is -0.379 e. The third kappa shape index (κ3) is 9.64. The second-order valence-corrected chi connectivity index (χ2v) is 10.8. The molecule has 3 N–H and O–H groups in total. The van der Waals surface area contributed by atoms with Crippen LogP contribution in [0.2, 0.25) is 5.02 Å². The lowest BCUT2D eigenvalue weighted by molar-refractivity contribution is 0.0395. The molecule has 3 rings (SSSR count). The van der Waals surface area contributed by atoms with Gasteiger partial charge in [0.2, 0.25) is 10.0 Å². The van der Waals surface area contributed by atoms with E-state index in [-0.39, 0.29) is 11.7 Å². The number of sulfonamides is 1. The molecule has 0 spiro atoms. The van der Waals surface area contributed by atoms with E-state index in [1.54, 1.807) is 48.8 Å². The zero-order chi connectivity index (χ0) is 24.9. The van der Waals surface area contributed by atoms with E-state index in [2.05, 4.69) is 20.5 Å². The van der Waals surface area contributed by atoms with Gasteiger partial charge in [0.25, 0.3) is 0 Å². The number of unbranched alkanes of at least 4 members (excludes halogenated alkanes) is 3. The van der Waals surface area contributed by atoms with Gasteiger partial charge in [-0.05, 0) is 49.2 Å². The van der Waals surface area contributed by atoms with E-state index < -0.39 is 10.0 Å². The summed E-state index contributed by atoms with van der Waals surface area (Å²) < 4.78 is 33.4. The van der Waals surface area contributed by atoms with Gasteiger partial charge in [-0.1, -0.05) is 24.4 Å². The van der Waals surface area contributed by atoms with Crippen LogP contribution in [0.3, 0.4) is 0 Å². The molecule has 192 valence electrons. The number of nitrogens with zero attached hydrogens (tertiary/aromatic N) is 3. The summed E-state index contributed by atoms with van der Waals surface area (Å²) in [6.45, 7) is 4.72. The summed E-state index contributed by atoms with van der Waals surface area (Å²) >= 11 is 6.02. The van der Waals surface area contributed by atoms with Crippen molar-refractivity contribution in [3.8, 4) is 0 Å². The van der Waals surface area contributed by atoms with Crippen molar-refractivity contribution in [2.24, 2.45) is 0 Å². The molecule has 11 heteroatoms. The number of guanidine groups is 1. The molecule has 0 unspecified atom stereocenters. The largest absolute Gasteiger partial charge is 0.379 e. The van der Waals surface area contributed by atoms with Crippen LogP contribution >= 0.6 is 11.6 Å². The van der Waals surface area contributed by atoms with Gasteiger partial charge in [-0.25, -0.2) is 8.42 Å². The Morgan fingerprint density at radius 1 is 1.06 bits per heavy atom. The quantitative estimate of drug-likeness (QED) is 0.210. The Hall–Kier alpha value is -2.40. The molecule has 2 aromatic rings. The third-order valence-electron chi connectivity index (χ3n) is 5.75. The molecule has 1 saturated heterocycles. The first kappa shape index (κ1) is 27.2. The first-order chi connectivity index (χ1) is 16.9. The highest BCUT2D eigenvalue weighted by Gasteiger charge is 2.23. The lowest BCUT2D eigenvalue weighted by atomic mass is 10.2. The Kier molecular flexibility index (Phi) is 11.1. The second kappa shape index (κ2) is 14.2. The standard InChI is InChI=1S/C24H35ClN6O3S/c25-21-5-7-23(8-6-21)31(15-14-30-16-18-34-19-17-30)35(32,33)20-4-2-1-3-11-28-24(26)29-22-9-12-27-13-10-22/h5-10,12-13H,1-4,11,14-20H2,(H3,26,27,28,29). The summed E-state index contributed by atoms with van der Waals surface area (Å²) in [5.41, 5.74) is 1.45. The molecule has 1 aromatic carbocycles. The van der Waals surface area contributed by atoms with E-state index in [1.807, 2.05) is 0 Å². The van der Waals surface area contributed by atoms with Crippen LogP contribution in [0, 0.1) is 5.41 Å². The van der Waals surface area contributed by atoms with Gasteiger partial charge >= 0.3 is 0 Å². The van der Waals surface area contributed by atoms with Crippen LogP contribution in [-0.2, 0) is 14.8 Å². The SMILES string of the molecule is N=C(NCCCCCCS(=O)(=O)N(CCN1CCOCC1)c1ccc(Cl)cc1)Nc1ccncc1. The Morgan fingerprint density at radius 3 is 2.46 bits per heavy atom. The molecule has 0 saturated carbocycles. The van der Waals surface area contributed by atoms with Crippen LogP contribution in [-0.4, -0.2) is 76.0 Å². The minimum atomic E-state index is -3.46. The zero-order valence-corrected chi connectivity index (χ0v) is 21.5. The predicted molar refractivity (Wildman–Crippen MR) is 142 cm³/mol.